The fourth-order valence-electron chi connectivity index (χ4n) is 2.55. The molecule has 1 heterocycles. The third kappa shape index (κ3) is 1.32. The Balaban J connectivity index is 2.28. The SMILES string of the molecule is C[C@@H]1[C@H](C)[C@](O)(CO)C=CC12CC(=O)N2. The molecule has 1 amide bonds. The maximum atomic E-state index is 11.0. The van der Waals surface area contributed by atoms with Crippen LogP contribution in [0, 0.1) is 11.8 Å². The Morgan fingerprint density at radius 1 is 1.47 bits per heavy atom. The molecule has 0 saturated carbocycles. The quantitative estimate of drug-likeness (QED) is 0.416. The fraction of sp³-hybridized carbons (Fsp3) is 0.727. The first-order valence-electron chi connectivity index (χ1n) is 5.28. The Labute approximate surface area is 89.0 Å². The zero-order valence-corrected chi connectivity index (χ0v) is 9.03. The summed E-state index contributed by atoms with van der Waals surface area (Å²) in [6.07, 6.45) is 3.93. The first-order valence-corrected chi connectivity index (χ1v) is 5.28. The van der Waals surface area contributed by atoms with Crippen LogP contribution in [0.3, 0.4) is 0 Å². The van der Waals surface area contributed by atoms with Crippen molar-refractivity contribution in [2.45, 2.75) is 31.4 Å². The molecule has 4 atom stereocenters. The normalized spacial score (nSPS) is 48.9. The van der Waals surface area contributed by atoms with Gasteiger partial charge in [0, 0.05) is 0 Å². The van der Waals surface area contributed by atoms with E-state index in [1.54, 1.807) is 6.08 Å². The largest absolute Gasteiger partial charge is 0.393 e. The fourth-order valence-corrected chi connectivity index (χ4v) is 2.55. The summed E-state index contributed by atoms with van der Waals surface area (Å²) in [6, 6.07) is 0. The molecule has 4 heteroatoms. The van der Waals surface area contributed by atoms with Gasteiger partial charge in [-0.05, 0) is 11.8 Å². The highest BCUT2D eigenvalue weighted by Crippen LogP contribution is 2.43. The van der Waals surface area contributed by atoms with E-state index in [0.29, 0.717) is 6.42 Å². The number of β-lactam (4-membered cyclic amide) rings is 1. The second kappa shape index (κ2) is 3.06. The molecule has 84 valence electrons. The monoisotopic (exact) mass is 211 g/mol. The number of nitrogens with one attached hydrogen (secondary N) is 1. The molecule has 2 rings (SSSR count). The molecule has 15 heavy (non-hydrogen) atoms. The molecular formula is C11H17NO3. The highest BCUT2D eigenvalue weighted by molar-refractivity contribution is 5.86. The Morgan fingerprint density at radius 3 is 2.53 bits per heavy atom. The van der Waals surface area contributed by atoms with E-state index in [1.807, 2.05) is 19.9 Å². The van der Waals surface area contributed by atoms with Gasteiger partial charge in [-0.1, -0.05) is 26.0 Å². The van der Waals surface area contributed by atoms with Gasteiger partial charge in [0.05, 0.1) is 18.6 Å². The van der Waals surface area contributed by atoms with E-state index < -0.39 is 5.60 Å². The number of carbonyl (C=O) groups excluding carboxylic acids is 1. The van der Waals surface area contributed by atoms with Crippen molar-refractivity contribution in [3.8, 4) is 0 Å². The first kappa shape index (κ1) is 10.6. The van der Waals surface area contributed by atoms with Crippen LogP contribution in [0.2, 0.25) is 0 Å². The zero-order chi connectivity index (χ0) is 11.3. The molecule has 1 spiro atoms. The van der Waals surface area contributed by atoms with Crippen LogP contribution < -0.4 is 5.32 Å². The van der Waals surface area contributed by atoms with Crippen molar-refractivity contribution in [1.29, 1.82) is 0 Å². The van der Waals surface area contributed by atoms with E-state index in [0.717, 1.165) is 0 Å². The minimum atomic E-state index is -1.15. The van der Waals surface area contributed by atoms with E-state index in [1.165, 1.54) is 0 Å². The standard InChI is InChI=1S/C11H17NO3/c1-7-8(2)11(15,6-13)4-3-10(7)5-9(14)12-10/h3-4,7-8,13,15H,5-6H2,1-2H3,(H,12,14)/t7-,8+,10?,11-/m1/s1. The number of rotatable bonds is 1. The van der Waals surface area contributed by atoms with Crippen LogP contribution in [0.5, 0.6) is 0 Å². The molecule has 1 saturated heterocycles. The highest BCUT2D eigenvalue weighted by atomic mass is 16.3. The average molecular weight is 211 g/mol. The molecule has 0 radical (unpaired) electrons. The van der Waals surface area contributed by atoms with E-state index >= 15 is 0 Å². The number of hydrogen-bond donors (Lipinski definition) is 3. The van der Waals surface area contributed by atoms with Gasteiger partial charge in [-0.15, -0.1) is 0 Å². The summed E-state index contributed by atoms with van der Waals surface area (Å²) in [4.78, 5) is 11.0. The van der Waals surface area contributed by atoms with Gasteiger partial charge in [-0.25, -0.2) is 0 Å². The maximum absolute atomic E-state index is 11.0. The summed E-state index contributed by atoms with van der Waals surface area (Å²) >= 11 is 0. The molecule has 0 bridgehead atoms. The van der Waals surface area contributed by atoms with Gasteiger partial charge in [-0.3, -0.25) is 4.79 Å². The lowest BCUT2D eigenvalue weighted by Gasteiger charge is -2.52. The van der Waals surface area contributed by atoms with Crippen molar-refractivity contribution in [3.63, 3.8) is 0 Å². The summed E-state index contributed by atoms with van der Waals surface area (Å²) in [7, 11) is 0. The van der Waals surface area contributed by atoms with E-state index in [2.05, 4.69) is 5.32 Å². The smallest absolute Gasteiger partial charge is 0.223 e. The van der Waals surface area contributed by atoms with Crippen molar-refractivity contribution >= 4 is 5.91 Å². The van der Waals surface area contributed by atoms with Crippen LogP contribution in [0.4, 0.5) is 0 Å². The van der Waals surface area contributed by atoms with Gasteiger partial charge in [0.1, 0.15) is 5.60 Å². The van der Waals surface area contributed by atoms with Crippen molar-refractivity contribution in [2.24, 2.45) is 11.8 Å². The molecule has 1 unspecified atom stereocenters. The zero-order valence-electron chi connectivity index (χ0n) is 9.03. The lowest BCUT2D eigenvalue weighted by atomic mass is 9.62. The van der Waals surface area contributed by atoms with Crippen molar-refractivity contribution in [3.05, 3.63) is 12.2 Å². The molecule has 0 aromatic heterocycles. The van der Waals surface area contributed by atoms with E-state index in [9.17, 15) is 9.90 Å². The van der Waals surface area contributed by atoms with Crippen LogP contribution >= 0.6 is 0 Å². The molecule has 2 aliphatic rings. The highest BCUT2D eigenvalue weighted by Gasteiger charge is 2.53. The predicted octanol–water partition coefficient (Wildman–Crippen LogP) is -0.189. The van der Waals surface area contributed by atoms with Crippen molar-refractivity contribution in [1.82, 2.24) is 5.32 Å². The molecular weight excluding hydrogens is 194 g/mol. The molecule has 1 aliphatic carbocycles. The van der Waals surface area contributed by atoms with E-state index in [4.69, 9.17) is 5.11 Å². The van der Waals surface area contributed by atoms with Crippen molar-refractivity contribution < 1.29 is 15.0 Å². The number of aliphatic hydroxyl groups is 2. The lowest BCUT2D eigenvalue weighted by molar-refractivity contribution is -0.137. The second-order valence-electron chi connectivity index (χ2n) is 4.83. The van der Waals surface area contributed by atoms with Crippen LogP contribution in [0.1, 0.15) is 20.3 Å². The van der Waals surface area contributed by atoms with Crippen LogP contribution in [0.15, 0.2) is 12.2 Å². The molecule has 0 aromatic rings. The molecule has 3 N–H and O–H groups in total. The number of amides is 1. The van der Waals surface area contributed by atoms with Crippen LogP contribution in [0.25, 0.3) is 0 Å². The molecule has 1 aliphatic heterocycles. The second-order valence-corrected chi connectivity index (χ2v) is 4.83. The van der Waals surface area contributed by atoms with Crippen LogP contribution in [-0.4, -0.2) is 33.9 Å². The third-order valence-electron chi connectivity index (χ3n) is 4.10. The third-order valence-corrected chi connectivity index (χ3v) is 4.10. The summed E-state index contributed by atoms with van der Waals surface area (Å²) in [5.41, 5.74) is -1.44. The first-order chi connectivity index (χ1) is 6.93. The minimum absolute atomic E-state index is 0.0492. The minimum Gasteiger partial charge on any atom is -0.393 e. The van der Waals surface area contributed by atoms with Gasteiger partial charge >= 0.3 is 0 Å². The Morgan fingerprint density at radius 2 is 2.07 bits per heavy atom. The van der Waals surface area contributed by atoms with Crippen LogP contribution in [-0.2, 0) is 4.79 Å². The molecule has 4 nitrogen and oxygen atoms in total. The number of aliphatic hydroxyl groups excluding tert-OH is 1. The van der Waals surface area contributed by atoms with Gasteiger partial charge in [0.25, 0.3) is 0 Å². The van der Waals surface area contributed by atoms with Gasteiger partial charge in [0.15, 0.2) is 0 Å². The summed E-state index contributed by atoms with van der Waals surface area (Å²) in [5.74, 6) is 0.0959. The number of hydrogen-bond acceptors (Lipinski definition) is 3. The maximum Gasteiger partial charge on any atom is 0.223 e. The topological polar surface area (TPSA) is 69.6 Å². The van der Waals surface area contributed by atoms with E-state index in [-0.39, 0.29) is 29.9 Å². The Kier molecular flexibility index (Phi) is 2.17. The summed E-state index contributed by atoms with van der Waals surface area (Å²) < 4.78 is 0. The Bertz CT molecular complexity index is 318. The number of carbonyl (C=O) groups is 1. The average Bonchev–Trinajstić information content (AvgIpc) is 2.18. The predicted molar refractivity (Wildman–Crippen MR) is 55.0 cm³/mol. The molecule has 0 aromatic carbocycles. The summed E-state index contributed by atoms with van der Waals surface area (Å²) in [5, 5.41) is 22.1. The van der Waals surface area contributed by atoms with Gasteiger partial charge in [-0.2, -0.15) is 0 Å². The van der Waals surface area contributed by atoms with Gasteiger partial charge in [0.2, 0.25) is 5.91 Å². The summed E-state index contributed by atoms with van der Waals surface area (Å²) in [6.45, 7) is 3.61. The van der Waals surface area contributed by atoms with Gasteiger partial charge < -0.3 is 15.5 Å². The lowest BCUT2D eigenvalue weighted by Crippen LogP contribution is -2.68. The van der Waals surface area contributed by atoms with Crippen molar-refractivity contribution in [2.75, 3.05) is 6.61 Å². The Hall–Kier alpha value is -0.870. The molecule has 1 fully saturated rings.